The maximum absolute atomic E-state index is 13.1. The van der Waals surface area contributed by atoms with Gasteiger partial charge in [-0.2, -0.15) is 0 Å². The topological polar surface area (TPSA) is 29.1 Å². The van der Waals surface area contributed by atoms with Crippen LogP contribution in [-0.2, 0) is 10.9 Å². The van der Waals surface area contributed by atoms with E-state index in [1.807, 2.05) is 42.5 Å². The quantitative estimate of drug-likeness (QED) is 0.430. The molecular formula is C25H22NOS+. The molecule has 4 aromatic carbocycles. The van der Waals surface area contributed by atoms with Gasteiger partial charge in [0.05, 0.1) is 0 Å². The first-order valence-electron chi connectivity index (χ1n) is 9.79. The Kier molecular flexibility index (Phi) is 4.53. The number of benzene rings is 4. The molecule has 0 saturated carbocycles. The Labute approximate surface area is 167 Å². The second-order valence-corrected chi connectivity index (χ2v) is 9.49. The summed E-state index contributed by atoms with van der Waals surface area (Å²) in [6, 6.07) is 26.7. The minimum atomic E-state index is -0.0574. The zero-order chi connectivity index (χ0) is 18.9. The van der Waals surface area contributed by atoms with Crippen LogP contribution in [0.4, 0.5) is 5.69 Å². The monoisotopic (exact) mass is 384 g/mol. The lowest BCUT2D eigenvalue weighted by Crippen LogP contribution is -2.13. The van der Waals surface area contributed by atoms with Gasteiger partial charge in [0.15, 0.2) is 4.90 Å². The van der Waals surface area contributed by atoms with Gasteiger partial charge in [-0.3, -0.25) is 4.79 Å². The van der Waals surface area contributed by atoms with Gasteiger partial charge >= 0.3 is 0 Å². The van der Waals surface area contributed by atoms with Crippen molar-refractivity contribution in [3.63, 3.8) is 0 Å². The Balaban J connectivity index is 1.55. The summed E-state index contributed by atoms with van der Waals surface area (Å²) >= 11 is 0. The van der Waals surface area contributed by atoms with Crippen LogP contribution >= 0.6 is 0 Å². The van der Waals surface area contributed by atoms with Crippen molar-refractivity contribution in [1.29, 1.82) is 0 Å². The van der Waals surface area contributed by atoms with E-state index >= 15 is 0 Å². The summed E-state index contributed by atoms with van der Waals surface area (Å²) in [5, 5.41) is 7.65. The van der Waals surface area contributed by atoms with Crippen molar-refractivity contribution in [2.45, 2.75) is 17.7 Å². The van der Waals surface area contributed by atoms with Crippen LogP contribution in [0.25, 0.3) is 21.5 Å². The highest BCUT2D eigenvalue weighted by Gasteiger charge is 2.29. The van der Waals surface area contributed by atoms with Gasteiger partial charge in [0.1, 0.15) is 11.5 Å². The molecule has 1 amide bonds. The Morgan fingerprint density at radius 1 is 0.714 bits per heavy atom. The van der Waals surface area contributed by atoms with Gasteiger partial charge < -0.3 is 5.32 Å². The molecule has 0 unspecified atom stereocenters. The Morgan fingerprint density at radius 2 is 1.39 bits per heavy atom. The van der Waals surface area contributed by atoms with E-state index in [0.29, 0.717) is 16.5 Å². The average molecular weight is 385 g/mol. The normalized spacial score (nSPS) is 14.6. The van der Waals surface area contributed by atoms with Gasteiger partial charge in [0.2, 0.25) is 0 Å². The van der Waals surface area contributed by atoms with E-state index in [0.717, 1.165) is 21.8 Å². The van der Waals surface area contributed by atoms with Gasteiger partial charge in [0.25, 0.3) is 5.91 Å². The summed E-state index contributed by atoms with van der Waals surface area (Å²) in [6.07, 6.45) is 2.66. The lowest BCUT2D eigenvalue weighted by molar-refractivity contribution is 0.102. The summed E-state index contributed by atoms with van der Waals surface area (Å²) in [4.78, 5) is 14.6. The Hall–Kier alpha value is -2.78. The van der Waals surface area contributed by atoms with E-state index in [-0.39, 0.29) is 5.91 Å². The van der Waals surface area contributed by atoms with Crippen molar-refractivity contribution < 1.29 is 4.79 Å². The molecule has 1 fully saturated rings. The predicted molar refractivity (Wildman–Crippen MR) is 120 cm³/mol. The molecule has 1 aliphatic heterocycles. The number of fused-ring (bicyclic) bond motifs is 2. The largest absolute Gasteiger partial charge is 0.321 e. The number of hydrogen-bond acceptors (Lipinski definition) is 1. The maximum atomic E-state index is 13.1. The summed E-state index contributed by atoms with van der Waals surface area (Å²) < 4.78 is 0. The molecule has 3 heteroatoms. The first-order chi connectivity index (χ1) is 13.8. The standard InChI is InChI=1S/C25H21NOS/c27-25(22-13-7-9-18-8-1-2-10-19(18)22)26-23-14-15-24(28-16-5-6-17-28)21-12-4-3-11-20(21)23/h1-4,7-15H,5-6,16-17H2/p+1. The second-order valence-electron chi connectivity index (χ2n) is 7.25. The van der Waals surface area contributed by atoms with E-state index < -0.39 is 0 Å². The number of nitrogens with one attached hydrogen (secondary N) is 1. The molecule has 138 valence electrons. The summed E-state index contributed by atoms with van der Waals surface area (Å²) in [7, 11) is 0.347. The maximum Gasteiger partial charge on any atom is 0.256 e. The van der Waals surface area contributed by atoms with Crippen LogP contribution < -0.4 is 5.32 Å². The number of anilines is 1. The smallest absolute Gasteiger partial charge is 0.256 e. The molecule has 2 nitrogen and oxygen atoms in total. The average Bonchev–Trinajstić information content (AvgIpc) is 3.28. The van der Waals surface area contributed by atoms with E-state index in [1.165, 1.54) is 34.6 Å². The molecule has 0 spiro atoms. The molecular weight excluding hydrogens is 362 g/mol. The predicted octanol–water partition coefficient (Wildman–Crippen LogP) is 6.02. The van der Waals surface area contributed by atoms with Gasteiger partial charge in [0, 0.05) is 32.9 Å². The molecule has 1 N–H and O–H groups in total. The van der Waals surface area contributed by atoms with Crippen LogP contribution in [0.2, 0.25) is 0 Å². The van der Waals surface area contributed by atoms with Crippen molar-refractivity contribution in [2.24, 2.45) is 0 Å². The van der Waals surface area contributed by atoms with Crippen molar-refractivity contribution in [3.8, 4) is 0 Å². The molecule has 0 radical (unpaired) electrons. The van der Waals surface area contributed by atoms with E-state index in [2.05, 4.69) is 41.7 Å². The van der Waals surface area contributed by atoms with Gasteiger partial charge in [-0.05, 0) is 47.9 Å². The van der Waals surface area contributed by atoms with E-state index in [9.17, 15) is 4.79 Å². The molecule has 5 rings (SSSR count). The van der Waals surface area contributed by atoms with Crippen molar-refractivity contribution in [2.75, 3.05) is 16.8 Å². The molecule has 1 aliphatic rings. The fourth-order valence-corrected chi connectivity index (χ4v) is 6.62. The number of amides is 1. The van der Waals surface area contributed by atoms with E-state index in [4.69, 9.17) is 0 Å². The lowest BCUT2D eigenvalue weighted by atomic mass is 10.0. The highest BCUT2D eigenvalue weighted by atomic mass is 32.2. The first-order valence-corrected chi connectivity index (χ1v) is 11.4. The Bertz CT molecular complexity index is 1170. The van der Waals surface area contributed by atoms with Crippen molar-refractivity contribution >= 4 is 44.0 Å². The van der Waals surface area contributed by atoms with Crippen LogP contribution in [0.15, 0.2) is 83.8 Å². The SMILES string of the molecule is O=C(Nc1ccc([S+]2CCCC2)c2ccccc12)c1cccc2ccccc12. The zero-order valence-corrected chi connectivity index (χ0v) is 16.5. The van der Waals surface area contributed by atoms with E-state index in [1.54, 1.807) is 0 Å². The highest BCUT2D eigenvalue weighted by molar-refractivity contribution is 7.97. The van der Waals surface area contributed by atoms with Crippen LogP contribution in [0.1, 0.15) is 23.2 Å². The van der Waals surface area contributed by atoms with Crippen LogP contribution in [-0.4, -0.2) is 17.4 Å². The summed E-state index contributed by atoms with van der Waals surface area (Å²) in [6.45, 7) is 0. The number of carbonyl (C=O) groups is 1. The minimum absolute atomic E-state index is 0.0574. The molecule has 1 heterocycles. The summed E-state index contributed by atoms with van der Waals surface area (Å²) in [5.41, 5.74) is 1.60. The fourth-order valence-electron chi connectivity index (χ4n) is 4.12. The zero-order valence-electron chi connectivity index (χ0n) is 15.7. The molecule has 0 bridgehead atoms. The number of carbonyl (C=O) groups excluding carboxylic acids is 1. The molecule has 28 heavy (non-hydrogen) atoms. The van der Waals surface area contributed by atoms with Gasteiger partial charge in [-0.1, -0.05) is 54.6 Å². The number of hydrogen-bond donors (Lipinski definition) is 1. The third kappa shape index (κ3) is 3.06. The third-order valence-corrected chi connectivity index (χ3v) is 8.05. The van der Waals surface area contributed by atoms with Crippen molar-refractivity contribution in [3.05, 3.63) is 84.4 Å². The van der Waals surface area contributed by atoms with Crippen LogP contribution in [0.5, 0.6) is 0 Å². The fraction of sp³-hybridized carbons (Fsp3) is 0.160. The van der Waals surface area contributed by atoms with Crippen molar-refractivity contribution in [1.82, 2.24) is 0 Å². The molecule has 0 aliphatic carbocycles. The third-order valence-electron chi connectivity index (χ3n) is 5.51. The first kappa shape index (κ1) is 17.3. The Morgan fingerprint density at radius 3 is 2.21 bits per heavy atom. The molecule has 4 aromatic rings. The number of rotatable bonds is 3. The second kappa shape index (κ2) is 7.33. The van der Waals surface area contributed by atoms with Gasteiger partial charge in [-0.15, -0.1) is 0 Å². The molecule has 0 atom stereocenters. The minimum Gasteiger partial charge on any atom is -0.321 e. The summed E-state index contributed by atoms with van der Waals surface area (Å²) in [5.74, 6) is 2.54. The molecule has 0 aromatic heterocycles. The van der Waals surface area contributed by atoms with Gasteiger partial charge in [-0.25, -0.2) is 0 Å². The van der Waals surface area contributed by atoms with Crippen LogP contribution in [0, 0.1) is 0 Å². The lowest BCUT2D eigenvalue weighted by Gasteiger charge is -2.12. The highest BCUT2D eigenvalue weighted by Crippen LogP contribution is 2.34. The molecule has 1 saturated heterocycles. The van der Waals surface area contributed by atoms with Crippen LogP contribution in [0.3, 0.4) is 0 Å².